The monoisotopic (exact) mass is 429 g/mol. The number of aryl methyl sites for hydroxylation is 2. The van der Waals surface area contributed by atoms with E-state index in [0.29, 0.717) is 6.61 Å². The molecule has 0 atom stereocenters. The largest absolute Gasteiger partial charge is 0.496 e. The van der Waals surface area contributed by atoms with Crippen LogP contribution >= 0.6 is 15.9 Å². The molecule has 0 bridgehead atoms. The molecule has 27 heavy (non-hydrogen) atoms. The fraction of sp³-hybridized carbons (Fsp3) is 0.286. The van der Waals surface area contributed by atoms with Gasteiger partial charge >= 0.3 is 0 Å². The maximum absolute atomic E-state index is 6.10. The number of aromatic nitrogens is 2. The lowest BCUT2D eigenvalue weighted by atomic mass is 10.1. The molecule has 1 aromatic heterocycles. The molecule has 2 aromatic carbocycles. The maximum atomic E-state index is 6.10. The second-order valence-corrected chi connectivity index (χ2v) is 7.16. The van der Waals surface area contributed by atoms with E-state index in [1.807, 2.05) is 62.8 Å². The lowest BCUT2D eigenvalue weighted by Crippen LogP contribution is -2.05. The summed E-state index contributed by atoms with van der Waals surface area (Å²) in [4.78, 5) is 0. The third-order valence-electron chi connectivity index (χ3n) is 4.60. The minimum Gasteiger partial charge on any atom is -0.496 e. The molecule has 0 saturated heterocycles. The third kappa shape index (κ3) is 3.81. The van der Waals surface area contributed by atoms with E-state index in [4.69, 9.17) is 9.47 Å². The highest BCUT2D eigenvalue weighted by atomic mass is 79.9. The highest BCUT2D eigenvalue weighted by molar-refractivity contribution is 9.10. The molecule has 5 nitrogen and oxygen atoms in total. The van der Waals surface area contributed by atoms with E-state index in [0.717, 1.165) is 49.9 Å². The highest BCUT2D eigenvalue weighted by Crippen LogP contribution is 2.30. The first-order chi connectivity index (χ1) is 13.0. The van der Waals surface area contributed by atoms with Crippen LogP contribution in [0.2, 0.25) is 0 Å². The van der Waals surface area contributed by atoms with E-state index in [-0.39, 0.29) is 0 Å². The van der Waals surface area contributed by atoms with Crippen LogP contribution in [0.1, 0.15) is 22.5 Å². The van der Waals surface area contributed by atoms with Crippen LogP contribution in [-0.2, 0) is 6.61 Å². The lowest BCUT2D eigenvalue weighted by molar-refractivity contribution is 0.295. The van der Waals surface area contributed by atoms with Gasteiger partial charge in [-0.2, -0.15) is 5.10 Å². The molecule has 0 fully saturated rings. The SMILES string of the molecule is CNc1cccc(OC)c1COc1ccc(-n2nc(C)c(Br)c2C)cc1C. The molecule has 0 radical (unpaired) electrons. The Balaban J connectivity index is 1.85. The molecular weight excluding hydrogens is 406 g/mol. The summed E-state index contributed by atoms with van der Waals surface area (Å²) in [6.07, 6.45) is 0. The molecule has 0 aliphatic carbocycles. The summed E-state index contributed by atoms with van der Waals surface area (Å²) in [5.41, 5.74) is 6.11. The molecule has 142 valence electrons. The number of methoxy groups -OCH3 is 1. The summed E-state index contributed by atoms with van der Waals surface area (Å²) in [5.74, 6) is 1.65. The Bertz CT molecular complexity index is 944. The number of anilines is 1. The molecule has 6 heteroatoms. The first kappa shape index (κ1) is 19.3. The number of nitrogens with one attached hydrogen (secondary N) is 1. The van der Waals surface area contributed by atoms with Crippen LogP contribution in [0.3, 0.4) is 0 Å². The van der Waals surface area contributed by atoms with Gasteiger partial charge in [0, 0.05) is 12.7 Å². The van der Waals surface area contributed by atoms with E-state index < -0.39 is 0 Å². The van der Waals surface area contributed by atoms with E-state index in [1.165, 1.54) is 0 Å². The zero-order valence-corrected chi connectivity index (χ0v) is 17.8. The smallest absolute Gasteiger partial charge is 0.127 e. The van der Waals surface area contributed by atoms with Crippen molar-refractivity contribution in [1.82, 2.24) is 9.78 Å². The fourth-order valence-corrected chi connectivity index (χ4v) is 3.34. The minimum absolute atomic E-state index is 0.422. The van der Waals surface area contributed by atoms with E-state index in [2.05, 4.69) is 32.4 Å². The molecule has 1 heterocycles. The summed E-state index contributed by atoms with van der Waals surface area (Å²) in [6.45, 7) is 6.50. The normalized spacial score (nSPS) is 10.7. The van der Waals surface area contributed by atoms with Gasteiger partial charge in [0.05, 0.1) is 34.2 Å². The van der Waals surface area contributed by atoms with Crippen molar-refractivity contribution >= 4 is 21.6 Å². The van der Waals surface area contributed by atoms with Gasteiger partial charge in [-0.1, -0.05) is 6.07 Å². The maximum Gasteiger partial charge on any atom is 0.127 e. The quantitative estimate of drug-likeness (QED) is 0.585. The zero-order valence-electron chi connectivity index (χ0n) is 16.3. The van der Waals surface area contributed by atoms with Gasteiger partial charge in [-0.3, -0.25) is 0 Å². The van der Waals surface area contributed by atoms with Crippen molar-refractivity contribution in [2.24, 2.45) is 0 Å². The Kier molecular flexibility index (Phi) is 5.75. The lowest BCUT2D eigenvalue weighted by Gasteiger charge is -2.16. The number of nitrogens with zero attached hydrogens (tertiary/aromatic N) is 2. The molecule has 0 amide bonds. The summed E-state index contributed by atoms with van der Waals surface area (Å²) >= 11 is 3.58. The number of ether oxygens (including phenoxy) is 2. The van der Waals surface area contributed by atoms with Crippen molar-refractivity contribution < 1.29 is 9.47 Å². The van der Waals surface area contributed by atoms with Crippen molar-refractivity contribution in [2.75, 3.05) is 19.5 Å². The van der Waals surface area contributed by atoms with Crippen LogP contribution in [-0.4, -0.2) is 23.9 Å². The van der Waals surface area contributed by atoms with E-state index in [1.54, 1.807) is 7.11 Å². The molecule has 0 aliphatic heterocycles. The van der Waals surface area contributed by atoms with Gasteiger partial charge in [0.15, 0.2) is 0 Å². The van der Waals surface area contributed by atoms with Gasteiger partial charge in [-0.05, 0) is 72.6 Å². The van der Waals surface area contributed by atoms with E-state index in [9.17, 15) is 0 Å². The summed E-state index contributed by atoms with van der Waals surface area (Å²) in [7, 11) is 3.57. The van der Waals surface area contributed by atoms with E-state index >= 15 is 0 Å². The second kappa shape index (κ2) is 8.05. The Morgan fingerprint density at radius 2 is 1.89 bits per heavy atom. The molecule has 3 rings (SSSR count). The van der Waals surface area contributed by atoms with Crippen molar-refractivity contribution in [2.45, 2.75) is 27.4 Å². The van der Waals surface area contributed by atoms with Crippen LogP contribution in [0.4, 0.5) is 5.69 Å². The number of hydrogen-bond acceptors (Lipinski definition) is 4. The first-order valence-corrected chi connectivity index (χ1v) is 9.54. The summed E-state index contributed by atoms with van der Waals surface area (Å²) in [6, 6.07) is 12.0. The molecule has 1 N–H and O–H groups in total. The molecule has 0 spiro atoms. The predicted molar refractivity (Wildman–Crippen MR) is 112 cm³/mol. The zero-order chi connectivity index (χ0) is 19.6. The number of benzene rings is 2. The minimum atomic E-state index is 0.422. The highest BCUT2D eigenvalue weighted by Gasteiger charge is 2.13. The number of hydrogen-bond donors (Lipinski definition) is 1. The van der Waals surface area contributed by atoms with Crippen molar-refractivity contribution in [3.63, 3.8) is 0 Å². The summed E-state index contributed by atoms with van der Waals surface area (Å²) in [5, 5.41) is 7.78. The molecule has 0 unspecified atom stereocenters. The van der Waals surface area contributed by atoms with Crippen LogP contribution in [0.25, 0.3) is 5.69 Å². The van der Waals surface area contributed by atoms with Gasteiger partial charge in [-0.15, -0.1) is 0 Å². The summed E-state index contributed by atoms with van der Waals surface area (Å²) < 4.78 is 14.6. The van der Waals surface area contributed by atoms with Crippen LogP contribution in [0.5, 0.6) is 11.5 Å². The Hall–Kier alpha value is -2.47. The van der Waals surface area contributed by atoms with Crippen LogP contribution < -0.4 is 14.8 Å². The Morgan fingerprint density at radius 1 is 1.11 bits per heavy atom. The topological polar surface area (TPSA) is 48.3 Å². The molecular formula is C21H24BrN3O2. The van der Waals surface area contributed by atoms with Gasteiger partial charge in [0.25, 0.3) is 0 Å². The molecule has 0 aliphatic rings. The van der Waals surface area contributed by atoms with Crippen molar-refractivity contribution in [3.05, 3.63) is 63.4 Å². The predicted octanol–water partition coefficient (Wildman–Crippen LogP) is 5.19. The van der Waals surface area contributed by atoms with Gasteiger partial charge in [0.1, 0.15) is 18.1 Å². The average molecular weight is 430 g/mol. The van der Waals surface area contributed by atoms with Gasteiger partial charge in [0.2, 0.25) is 0 Å². The molecule has 0 saturated carbocycles. The third-order valence-corrected chi connectivity index (χ3v) is 5.75. The Morgan fingerprint density at radius 3 is 2.48 bits per heavy atom. The van der Waals surface area contributed by atoms with Crippen LogP contribution in [0.15, 0.2) is 40.9 Å². The van der Waals surface area contributed by atoms with Crippen molar-refractivity contribution in [1.29, 1.82) is 0 Å². The van der Waals surface area contributed by atoms with Crippen LogP contribution in [0, 0.1) is 20.8 Å². The van der Waals surface area contributed by atoms with Crippen molar-refractivity contribution in [3.8, 4) is 17.2 Å². The molecule has 3 aromatic rings. The number of rotatable bonds is 6. The van der Waals surface area contributed by atoms with Gasteiger partial charge < -0.3 is 14.8 Å². The standard InChI is InChI=1S/C21H24BrN3O2/c1-13-11-16(25-15(3)21(22)14(2)24-25)9-10-19(13)27-12-17-18(23-4)7-6-8-20(17)26-5/h6-11,23H,12H2,1-5H3. The second-order valence-electron chi connectivity index (χ2n) is 6.37. The average Bonchev–Trinajstić information content (AvgIpc) is 2.94. The first-order valence-electron chi connectivity index (χ1n) is 8.75. The Labute approximate surface area is 168 Å². The number of halogens is 1. The fourth-order valence-electron chi connectivity index (χ4n) is 3.09. The van der Waals surface area contributed by atoms with Gasteiger partial charge in [-0.25, -0.2) is 4.68 Å².